The molecule has 126 valence electrons. The predicted octanol–water partition coefficient (Wildman–Crippen LogP) is 3.56. The van der Waals surface area contributed by atoms with E-state index in [1.807, 2.05) is 26.0 Å². The number of hydrogen-bond donors (Lipinski definition) is 2. The van der Waals surface area contributed by atoms with E-state index in [0.29, 0.717) is 11.4 Å². The van der Waals surface area contributed by atoms with Gasteiger partial charge in [0.1, 0.15) is 15.7 Å². The lowest BCUT2D eigenvalue weighted by Gasteiger charge is -2.11. The molecule has 6 nitrogen and oxygen atoms in total. The number of thiophene rings is 1. The molecule has 0 atom stereocenters. The highest BCUT2D eigenvalue weighted by molar-refractivity contribution is 7.94. The Hall–Kier alpha value is -2.32. The van der Waals surface area contributed by atoms with Crippen LogP contribution in [0.2, 0.25) is 0 Å². The third-order valence-electron chi connectivity index (χ3n) is 3.40. The van der Waals surface area contributed by atoms with E-state index in [-0.39, 0.29) is 4.21 Å². The SMILES string of the molecule is COc1ccc(C)cc1NS(=O)(=O)c1ccc(-c2cc(C)[nH]n2)s1. The summed E-state index contributed by atoms with van der Waals surface area (Å²) in [5.41, 5.74) is 3.01. The maximum Gasteiger partial charge on any atom is 0.271 e. The fourth-order valence-electron chi connectivity index (χ4n) is 2.24. The highest BCUT2D eigenvalue weighted by Crippen LogP contribution is 2.33. The van der Waals surface area contributed by atoms with Gasteiger partial charge in [-0.15, -0.1) is 11.3 Å². The van der Waals surface area contributed by atoms with E-state index in [2.05, 4.69) is 14.9 Å². The third-order valence-corrected chi connectivity index (χ3v) is 6.37. The Morgan fingerprint density at radius 2 is 1.96 bits per heavy atom. The van der Waals surface area contributed by atoms with Crippen molar-refractivity contribution in [3.63, 3.8) is 0 Å². The molecule has 0 aliphatic heterocycles. The number of methoxy groups -OCH3 is 1. The first-order valence-electron chi connectivity index (χ1n) is 7.19. The second kappa shape index (κ2) is 6.29. The van der Waals surface area contributed by atoms with Gasteiger partial charge in [-0.25, -0.2) is 8.42 Å². The predicted molar refractivity (Wildman–Crippen MR) is 95.2 cm³/mol. The zero-order valence-electron chi connectivity index (χ0n) is 13.5. The van der Waals surface area contributed by atoms with Crippen LogP contribution in [0.4, 0.5) is 5.69 Å². The van der Waals surface area contributed by atoms with Crippen molar-refractivity contribution >= 4 is 27.0 Å². The van der Waals surface area contributed by atoms with Gasteiger partial charge in [-0.1, -0.05) is 6.07 Å². The molecule has 0 saturated carbocycles. The van der Waals surface area contributed by atoms with Crippen molar-refractivity contribution in [2.75, 3.05) is 11.8 Å². The molecule has 0 amide bonds. The normalized spacial score (nSPS) is 11.5. The number of sulfonamides is 1. The summed E-state index contributed by atoms with van der Waals surface area (Å²) < 4.78 is 33.3. The van der Waals surface area contributed by atoms with Crippen LogP contribution in [0.5, 0.6) is 5.75 Å². The van der Waals surface area contributed by atoms with Crippen molar-refractivity contribution < 1.29 is 13.2 Å². The quantitative estimate of drug-likeness (QED) is 0.726. The fourth-order valence-corrected chi connectivity index (χ4v) is 4.57. The first-order valence-corrected chi connectivity index (χ1v) is 9.49. The van der Waals surface area contributed by atoms with E-state index in [4.69, 9.17) is 4.74 Å². The van der Waals surface area contributed by atoms with Gasteiger partial charge < -0.3 is 4.74 Å². The lowest BCUT2D eigenvalue weighted by Crippen LogP contribution is -2.12. The van der Waals surface area contributed by atoms with Gasteiger partial charge in [0, 0.05) is 5.69 Å². The lowest BCUT2D eigenvalue weighted by molar-refractivity contribution is 0.417. The number of aromatic amines is 1. The average molecular weight is 363 g/mol. The molecule has 3 aromatic rings. The van der Waals surface area contributed by atoms with Gasteiger partial charge in [0.2, 0.25) is 0 Å². The molecule has 1 aromatic carbocycles. The van der Waals surface area contributed by atoms with E-state index in [1.165, 1.54) is 18.4 Å². The van der Waals surface area contributed by atoms with Crippen molar-refractivity contribution in [2.24, 2.45) is 0 Å². The summed E-state index contributed by atoms with van der Waals surface area (Å²) >= 11 is 1.17. The number of anilines is 1. The molecule has 0 spiro atoms. The summed E-state index contributed by atoms with van der Waals surface area (Å²) in [6.07, 6.45) is 0. The van der Waals surface area contributed by atoms with E-state index in [9.17, 15) is 8.42 Å². The van der Waals surface area contributed by atoms with Crippen molar-refractivity contribution in [2.45, 2.75) is 18.1 Å². The molecule has 0 unspecified atom stereocenters. The molecule has 3 rings (SSSR count). The first-order chi connectivity index (χ1) is 11.4. The number of ether oxygens (including phenoxy) is 1. The number of nitrogens with zero attached hydrogens (tertiary/aromatic N) is 1. The number of H-pyrrole nitrogens is 1. The lowest BCUT2D eigenvalue weighted by atomic mass is 10.2. The van der Waals surface area contributed by atoms with Crippen LogP contribution < -0.4 is 9.46 Å². The molecule has 24 heavy (non-hydrogen) atoms. The summed E-state index contributed by atoms with van der Waals surface area (Å²) in [4.78, 5) is 0.788. The Balaban J connectivity index is 1.92. The Bertz CT molecular complexity index is 974. The van der Waals surface area contributed by atoms with Gasteiger partial charge in [-0.05, 0) is 49.7 Å². The first kappa shape index (κ1) is 16.5. The molecule has 2 N–H and O–H groups in total. The average Bonchev–Trinajstić information content (AvgIpc) is 3.16. The molecule has 8 heteroatoms. The summed E-state index contributed by atoms with van der Waals surface area (Å²) in [6, 6.07) is 10.5. The molecule has 0 bridgehead atoms. The van der Waals surface area contributed by atoms with E-state index >= 15 is 0 Å². The van der Waals surface area contributed by atoms with E-state index in [0.717, 1.165) is 21.8 Å². The Morgan fingerprint density at radius 3 is 2.62 bits per heavy atom. The number of aromatic nitrogens is 2. The maximum atomic E-state index is 12.6. The Labute approximate surface area is 144 Å². The highest BCUT2D eigenvalue weighted by atomic mass is 32.2. The van der Waals surface area contributed by atoms with Crippen LogP contribution in [0, 0.1) is 13.8 Å². The van der Waals surface area contributed by atoms with Gasteiger partial charge in [0.25, 0.3) is 10.0 Å². The van der Waals surface area contributed by atoms with Crippen LogP contribution in [-0.2, 0) is 10.0 Å². The summed E-state index contributed by atoms with van der Waals surface area (Å²) in [7, 11) is -2.19. The number of benzene rings is 1. The zero-order valence-corrected chi connectivity index (χ0v) is 15.1. The van der Waals surface area contributed by atoms with Crippen LogP contribution in [0.3, 0.4) is 0 Å². The number of hydrogen-bond acceptors (Lipinski definition) is 5. The van der Waals surface area contributed by atoms with Gasteiger partial charge in [0.05, 0.1) is 17.7 Å². The zero-order chi connectivity index (χ0) is 17.3. The molecule has 2 heterocycles. The fraction of sp³-hybridized carbons (Fsp3) is 0.188. The Kier molecular flexibility index (Phi) is 4.33. The Morgan fingerprint density at radius 1 is 1.17 bits per heavy atom. The molecule has 0 aliphatic rings. The van der Waals surface area contributed by atoms with Crippen molar-refractivity contribution in [1.29, 1.82) is 0 Å². The van der Waals surface area contributed by atoms with E-state index in [1.54, 1.807) is 24.3 Å². The number of nitrogens with one attached hydrogen (secondary N) is 2. The van der Waals surface area contributed by atoms with Crippen LogP contribution in [0.25, 0.3) is 10.6 Å². The molecule has 0 fully saturated rings. The molecule has 0 radical (unpaired) electrons. The smallest absolute Gasteiger partial charge is 0.271 e. The summed E-state index contributed by atoms with van der Waals surface area (Å²) in [5, 5.41) is 7.01. The van der Waals surface area contributed by atoms with Crippen molar-refractivity contribution in [3.05, 3.63) is 47.7 Å². The second-order valence-corrected chi connectivity index (χ2v) is 8.36. The van der Waals surface area contributed by atoms with E-state index < -0.39 is 10.0 Å². The van der Waals surface area contributed by atoms with Crippen molar-refractivity contribution in [3.8, 4) is 16.3 Å². The van der Waals surface area contributed by atoms with Crippen LogP contribution in [0.1, 0.15) is 11.3 Å². The summed E-state index contributed by atoms with van der Waals surface area (Å²) in [6.45, 7) is 3.79. The van der Waals surface area contributed by atoms with Gasteiger partial charge in [-0.3, -0.25) is 9.82 Å². The molecular formula is C16H17N3O3S2. The number of rotatable bonds is 5. The standard InChI is InChI=1S/C16H17N3O3S2/c1-10-4-5-14(22-3)12(8-10)19-24(20,21)16-7-6-15(23-16)13-9-11(2)17-18-13/h4-9,19H,1-3H3,(H,17,18). The minimum absolute atomic E-state index is 0.224. The van der Waals surface area contributed by atoms with Gasteiger partial charge in [0.15, 0.2) is 0 Å². The topological polar surface area (TPSA) is 84.1 Å². The van der Waals surface area contributed by atoms with Crippen LogP contribution in [-0.4, -0.2) is 25.7 Å². The second-order valence-electron chi connectivity index (χ2n) is 5.36. The van der Waals surface area contributed by atoms with Crippen LogP contribution in [0.15, 0.2) is 40.6 Å². The highest BCUT2D eigenvalue weighted by Gasteiger charge is 2.20. The largest absolute Gasteiger partial charge is 0.495 e. The maximum absolute atomic E-state index is 12.6. The molecular weight excluding hydrogens is 346 g/mol. The summed E-state index contributed by atoms with van der Waals surface area (Å²) in [5.74, 6) is 0.476. The van der Waals surface area contributed by atoms with Crippen molar-refractivity contribution in [1.82, 2.24) is 10.2 Å². The number of aryl methyl sites for hydroxylation is 2. The molecule has 0 aliphatic carbocycles. The van der Waals surface area contributed by atoms with Gasteiger partial charge >= 0.3 is 0 Å². The third kappa shape index (κ3) is 3.29. The monoisotopic (exact) mass is 363 g/mol. The van der Waals surface area contributed by atoms with Gasteiger partial charge in [-0.2, -0.15) is 5.10 Å². The minimum Gasteiger partial charge on any atom is -0.495 e. The minimum atomic E-state index is -3.69. The van der Waals surface area contributed by atoms with Crippen LogP contribution >= 0.6 is 11.3 Å². The molecule has 0 saturated heterocycles. The molecule has 2 aromatic heterocycles.